The molecule has 0 bridgehead atoms. The number of amides is 1. The highest BCUT2D eigenvalue weighted by Crippen LogP contribution is 2.28. The molecular weight excluding hydrogens is 324 g/mol. The van der Waals surface area contributed by atoms with Crippen LogP contribution >= 0.6 is 12.2 Å². The molecule has 3 N–H and O–H groups in total. The molecule has 0 radical (unpaired) electrons. The Morgan fingerprint density at radius 3 is 2.78 bits per heavy atom. The fourth-order valence-corrected chi connectivity index (χ4v) is 1.91. The summed E-state index contributed by atoms with van der Waals surface area (Å²) < 4.78 is 5.09. The maximum atomic E-state index is 12.0. The van der Waals surface area contributed by atoms with Gasteiger partial charge < -0.3 is 10.5 Å². The van der Waals surface area contributed by atoms with Crippen molar-refractivity contribution < 1.29 is 14.5 Å². The molecule has 0 saturated heterocycles. The second-order valence-corrected chi connectivity index (χ2v) is 4.77. The van der Waals surface area contributed by atoms with Crippen LogP contribution in [-0.4, -0.2) is 39.5 Å². The lowest BCUT2D eigenvalue weighted by atomic mass is 10.2. The molecule has 0 aromatic heterocycles. The van der Waals surface area contributed by atoms with Crippen molar-refractivity contribution in [3.05, 3.63) is 28.3 Å². The molecule has 1 heterocycles. The highest BCUT2D eigenvalue weighted by Gasteiger charge is 2.31. The first-order valence-electron chi connectivity index (χ1n) is 6.20. The average Bonchev–Trinajstić information content (AvgIpc) is 2.79. The van der Waals surface area contributed by atoms with E-state index in [1.165, 1.54) is 25.3 Å². The third kappa shape index (κ3) is 3.23. The van der Waals surface area contributed by atoms with Gasteiger partial charge in [-0.3, -0.25) is 20.3 Å². The summed E-state index contributed by atoms with van der Waals surface area (Å²) in [5, 5.41) is 19.3. The molecule has 1 aromatic carbocycles. The van der Waals surface area contributed by atoms with Crippen LogP contribution < -0.4 is 15.9 Å². The summed E-state index contributed by atoms with van der Waals surface area (Å²) >= 11 is 4.71. The number of hydrogen-bond donors (Lipinski definition) is 2. The smallest absolute Gasteiger partial charge is 0.303 e. The molecule has 1 aliphatic heterocycles. The van der Waals surface area contributed by atoms with Crippen LogP contribution in [0.25, 0.3) is 0 Å². The van der Waals surface area contributed by atoms with Gasteiger partial charge in [-0.1, -0.05) is 0 Å². The Kier molecular flexibility index (Phi) is 4.50. The predicted molar refractivity (Wildman–Crippen MR) is 87.4 cm³/mol. The summed E-state index contributed by atoms with van der Waals surface area (Å²) in [6.07, 6.45) is 0. The topological polar surface area (TPSA) is 135 Å². The van der Waals surface area contributed by atoms with Gasteiger partial charge in [0.15, 0.2) is 10.8 Å². The van der Waals surface area contributed by atoms with Gasteiger partial charge >= 0.3 is 5.91 Å². The van der Waals surface area contributed by atoms with E-state index in [0.29, 0.717) is 11.5 Å². The van der Waals surface area contributed by atoms with Gasteiger partial charge in [-0.25, -0.2) is 0 Å². The zero-order valence-electron chi connectivity index (χ0n) is 12.1. The first-order chi connectivity index (χ1) is 10.8. The lowest BCUT2D eigenvalue weighted by Gasteiger charge is -2.09. The number of methoxy groups -OCH3 is 1. The Hall–Kier alpha value is -3.08. The SMILES string of the molecule is COc1ccc([N+](=O)[O-])cc1N/N=C1/C(=O)N(C(N)=S)N=C1C. The van der Waals surface area contributed by atoms with Gasteiger partial charge in [0.1, 0.15) is 11.4 Å². The van der Waals surface area contributed by atoms with Gasteiger partial charge in [0, 0.05) is 12.1 Å². The normalized spacial score (nSPS) is 15.6. The van der Waals surface area contributed by atoms with Crippen molar-refractivity contribution >= 4 is 46.0 Å². The highest BCUT2D eigenvalue weighted by molar-refractivity contribution is 7.80. The van der Waals surface area contributed by atoms with E-state index in [0.717, 1.165) is 5.01 Å². The zero-order chi connectivity index (χ0) is 17.1. The Labute approximate surface area is 135 Å². The highest BCUT2D eigenvalue weighted by atomic mass is 32.1. The summed E-state index contributed by atoms with van der Waals surface area (Å²) in [4.78, 5) is 22.3. The second-order valence-electron chi connectivity index (χ2n) is 4.35. The van der Waals surface area contributed by atoms with Crippen LogP contribution in [0.3, 0.4) is 0 Å². The Morgan fingerprint density at radius 1 is 1.57 bits per heavy atom. The summed E-state index contributed by atoms with van der Waals surface area (Å²) in [5.41, 5.74) is 8.32. The van der Waals surface area contributed by atoms with Crippen LogP contribution in [0.1, 0.15) is 6.92 Å². The second kappa shape index (κ2) is 6.36. The third-order valence-corrected chi connectivity index (χ3v) is 3.05. The molecule has 0 spiro atoms. The van der Waals surface area contributed by atoms with Crippen molar-refractivity contribution in [2.45, 2.75) is 6.92 Å². The van der Waals surface area contributed by atoms with Crippen molar-refractivity contribution in [1.29, 1.82) is 0 Å². The first-order valence-corrected chi connectivity index (χ1v) is 6.61. The molecule has 2 rings (SSSR count). The zero-order valence-corrected chi connectivity index (χ0v) is 13.0. The van der Waals surface area contributed by atoms with E-state index in [9.17, 15) is 14.9 Å². The molecule has 0 aliphatic carbocycles. The number of nitrogens with zero attached hydrogens (tertiary/aromatic N) is 4. The number of carbonyl (C=O) groups is 1. The lowest BCUT2D eigenvalue weighted by Crippen LogP contribution is -2.36. The van der Waals surface area contributed by atoms with Crippen molar-refractivity contribution in [2.75, 3.05) is 12.5 Å². The van der Waals surface area contributed by atoms with Crippen molar-refractivity contribution in [1.82, 2.24) is 5.01 Å². The van der Waals surface area contributed by atoms with Gasteiger partial charge in [0.25, 0.3) is 5.69 Å². The van der Waals surface area contributed by atoms with E-state index in [-0.39, 0.29) is 22.2 Å². The van der Waals surface area contributed by atoms with E-state index in [1.807, 2.05) is 0 Å². The number of carbonyl (C=O) groups excluding carboxylic acids is 1. The maximum Gasteiger partial charge on any atom is 0.303 e. The molecule has 0 fully saturated rings. The number of hydrazone groups is 2. The number of nitro groups is 1. The van der Waals surface area contributed by atoms with Crippen molar-refractivity contribution in [3.8, 4) is 5.75 Å². The number of non-ortho nitro benzene ring substituents is 1. The number of ether oxygens (including phenoxy) is 1. The fourth-order valence-electron chi connectivity index (χ4n) is 1.79. The third-order valence-electron chi connectivity index (χ3n) is 2.88. The van der Waals surface area contributed by atoms with Crippen molar-refractivity contribution in [2.24, 2.45) is 15.9 Å². The van der Waals surface area contributed by atoms with Crippen LogP contribution in [0, 0.1) is 10.1 Å². The molecule has 10 nitrogen and oxygen atoms in total. The molecule has 23 heavy (non-hydrogen) atoms. The number of hydrogen-bond acceptors (Lipinski definition) is 8. The molecule has 1 amide bonds. The minimum Gasteiger partial charge on any atom is -0.495 e. The van der Waals surface area contributed by atoms with E-state index >= 15 is 0 Å². The molecule has 11 heteroatoms. The molecule has 1 aromatic rings. The van der Waals surface area contributed by atoms with Crippen LogP contribution in [0.5, 0.6) is 5.75 Å². The number of thiocarbonyl (C=S) groups is 1. The van der Waals surface area contributed by atoms with E-state index in [1.54, 1.807) is 6.92 Å². The monoisotopic (exact) mass is 336 g/mol. The quantitative estimate of drug-likeness (QED) is 0.472. The van der Waals surface area contributed by atoms with Gasteiger partial charge in [0.2, 0.25) is 0 Å². The van der Waals surface area contributed by atoms with E-state index < -0.39 is 10.8 Å². The number of benzene rings is 1. The number of nitrogens with one attached hydrogen (secondary N) is 1. The molecular formula is C12H12N6O4S. The van der Waals surface area contributed by atoms with E-state index in [2.05, 4.69) is 15.6 Å². The molecule has 1 aliphatic rings. The summed E-state index contributed by atoms with van der Waals surface area (Å²) in [6, 6.07) is 3.94. The van der Waals surface area contributed by atoms with Crippen LogP contribution in [0.4, 0.5) is 11.4 Å². The summed E-state index contributed by atoms with van der Waals surface area (Å²) in [6.45, 7) is 1.56. The Bertz CT molecular complexity index is 760. The number of nitro benzene ring substituents is 1. The lowest BCUT2D eigenvalue weighted by molar-refractivity contribution is -0.384. The molecule has 0 atom stereocenters. The summed E-state index contributed by atoms with van der Waals surface area (Å²) in [7, 11) is 1.40. The first kappa shape index (κ1) is 16.3. The van der Waals surface area contributed by atoms with Gasteiger partial charge in [0.05, 0.1) is 17.7 Å². The summed E-state index contributed by atoms with van der Waals surface area (Å²) in [5.74, 6) is -0.266. The van der Waals surface area contributed by atoms with Gasteiger partial charge in [-0.15, -0.1) is 0 Å². The molecule has 120 valence electrons. The van der Waals surface area contributed by atoms with E-state index in [4.69, 9.17) is 22.7 Å². The van der Waals surface area contributed by atoms with Crippen molar-refractivity contribution in [3.63, 3.8) is 0 Å². The largest absolute Gasteiger partial charge is 0.495 e. The molecule has 0 unspecified atom stereocenters. The minimum atomic E-state index is -0.591. The minimum absolute atomic E-state index is 0.00800. The molecule has 0 saturated carbocycles. The Morgan fingerprint density at radius 2 is 2.26 bits per heavy atom. The standard InChI is InChI=1S/C12H12N6O4S/c1-6-10(11(19)17(16-6)12(13)23)15-14-8-5-7(18(20)21)3-4-9(8)22-2/h3-5,14H,1-2H3,(H2,13,23)/b15-10+. The number of anilines is 1. The number of nitrogens with two attached hydrogens (primary N) is 1. The Balaban J connectivity index is 2.31. The van der Waals surface area contributed by atoms with Gasteiger partial charge in [-0.2, -0.15) is 15.2 Å². The van der Waals surface area contributed by atoms with Gasteiger partial charge in [-0.05, 0) is 25.2 Å². The van der Waals surface area contributed by atoms with Crippen LogP contribution in [-0.2, 0) is 4.79 Å². The predicted octanol–water partition coefficient (Wildman–Crippen LogP) is 0.833. The maximum absolute atomic E-state index is 12.0. The van der Waals surface area contributed by atoms with Crippen LogP contribution in [0.2, 0.25) is 0 Å². The fraction of sp³-hybridized carbons (Fsp3) is 0.167. The number of rotatable bonds is 4. The average molecular weight is 336 g/mol. The van der Waals surface area contributed by atoms with Crippen LogP contribution in [0.15, 0.2) is 28.4 Å².